The Labute approximate surface area is 312 Å². The normalized spacial score (nSPS) is 24.5. The van der Waals surface area contributed by atoms with Crippen LogP contribution in [-0.4, -0.2) is 101 Å². The number of sulfonamides is 1. The van der Waals surface area contributed by atoms with Crippen LogP contribution in [0.2, 0.25) is 0 Å². The lowest BCUT2D eigenvalue weighted by molar-refractivity contribution is -0.150. The second kappa shape index (κ2) is 15.4. The van der Waals surface area contributed by atoms with Crippen LogP contribution < -0.4 is 15.4 Å². The summed E-state index contributed by atoms with van der Waals surface area (Å²) in [6.07, 6.45) is 0.182. The van der Waals surface area contributed by atoms with E-state index in [4.69, 9.17) is 14.2 Å². The molecule has 1 saturated heterocycles. The molecular weight excluding hydrogens is 729 g/mol. The first kappa shape index (κ1) is 40.2. The minimum absolute atomic E-state index is 0.0280. The van der Waals surface area contributed by atoms with Gasteiger partial charge in [0.2, 0.25) is 21.8 Å². The molecule has 4 aliphatic rings. The van der Waals surface area contributed by atoms with Gasteiger partial charge in [-0.2, -0.15) is 0 Å². The molecule has 2 heterocycles. The Kier molecular flexibility index (Phi) is 11.5. The number of fused-ring (bicyclic) bond motifs is 1. The summed E-state index contributed by atoms with van der Waals surface area (Å²) in [5.74, 6) is -4.69. The highest BCUT2D eigenvalue weighted by Crippen LogP contribution is 2.45. The SMILES string of the molecule is C=C[C@@H]1C[C@]1(NC(=O)[C@@H]1C[C@@H](OC(=O)N2Cc3cccc(F)c3C2)CN1C(=O)[C@@H](NC(=O)OC(C)(C)C)[C@@H](C)OC(=O)/C=C/C)C(=O)NS(=O)(=O)C1CC1. The van der Waals surface area contributed by atoms with Gasteiger partial charge in [0, 0.05) is 30.5 Å². The van der Waals surface area contributed by atoms with E-state index in [-0.39, 0.29) is 32.5 Å². The summed E-state index contributed by atoms with van der Waals surface area (Å²) in [5.41, 5.74) is -1.75. The minimum Gasteiger partial charge on any atom is -0.457 e. The summed E-state index contributed by atoms with van der Waals surface area (Å²) in [7, 11) is -3.99. The molecule has 0 radical (unpaired) electrons. The first-order chi connectivity index (χ1) is 25.3. The number of amides is 5. The summed E-state index contributed by atoms with van der Waals surface area (Å²) in [6, 6.07) is 1.44. The van der Waals surface area contributed by atoms with Gasteiger partial charge in [-0.3, -0.25) is 24.0 Å². The van der Waals surface area contributed by atoms with E-state index >= 15 is 0 Å². The fraction of sp³-hybridized carbons (Fsp3) is 0.556. The van der Waals surface area contributed by atoms with Crippen molar-refractivity contribution in [1.82, 2.24) is 25.2 Å². The number of ether oxygens (including phenoxy) is 3. The summed E-state index contributed by atoms with van der Waals surface area (Å²) in [4.78, 5) is 83.0. The van der Waals surface area contributed by atoms with Crippen LogP contribution >= 0.6 is 0 Å². The number of alkyl carbamates (subject to hydrolysis) is 1. The van der Waals surface area contributed by atoms with Crippen LogP contribution in [0.25, 0.3) is 0 Å². The van der Waals surface area contributed by atoms with Gasteiger partial charge in [-0.05, 0) is 65.5 Å². The monoisotopic (exact) mass is 775 g/mol. The smallest absolute Gasteiger partial charge is 0.410 e. The van der Waals surface area contributed by atoms with Gasteiger partial charge in [-0.25, -0.2) is 27.2 Å². The molecule has 0 spiro atoms. The van der Waals surface area contributed by atoms with E-state index in [1.807, 2.05) is 0 Å². The van der Waals surface area contributed by atoms with Crippen LogP contribution in [0.1, 0.15) is 71.4 Å². The fourth-order valence-corrected chi connectivity index (χ4v) is 7.90. The zero-order valence-corrected chi connectivity index (χ0v) is 31.6. The molecule has 3 N–H and O–H groups in total. The molecule has 1 aromatic carbocycles. The number of halogens is 1. The number of carbonyl (C=O) groups excluding carboxylic acids is 6. The van der Waals surface area contributed by atoms with E-state index in [1.165, 1.54) is 36.1 Å². The van der Waals surface area contributed by atoms with Gasteiger partial charge in [0.25, 0.3) is 5.91 Å². The number of likely N-dealkylation sites (tertiary alicyclic amines) is 1. The van der Waals surface area contributed by atoms with Crippen molar-refractivity contribution >= 4 is 45.9 Å². The number of benzene rings is 1. The predicted octanol–water partition coefficient (Wildman–Crippen LogP) is 2.32. The van der Waals surface area contributed by atoms with Crippen LogP contribution in [0.5, 0.6) is 0 Å². The van der Waals surface area contributed by atoms with E-state index in [2.05, 4.69) is 21.9 Å². The highest BCUT2D eigenvalue weighted by Gasteiger charge is 2.62. The number of esters is 1. The van der Waals surface area contributed by atoms with Crippen LogP contribution in [0.15, 0.2) is 43.0 Å². The Morgan fingerprint density at radius 2 is 1.81 bits per heavy atom. The molecule has 0 unspecified atom stereocenters. The van der Waals surface area contributed by atoms with Gasteiger partial charge in [-0.15, -0.1) is 6.58 Å². The quantitative estimate of drug-likeness (QED) is 0.122. The van der Waals surface area contributed by atoms with Crippen LogP contribution in [0.4, 0.5) is 14.0 Å². The molecule has 54 heavy (non-hydrogen) atoms. The van der Waals surface area contributed by atoms with Crippen molar-refractivity contribution in [1.29, 1.82) is 0 Å². The first-order valence-electron chi connectivity index (χ1n) is 17.6. The Bertz CT molecular complexity index is 1860. The first-order valence-corrected chi connectivity index (χ1v) is 19.2. The van der Waals surface area contributed by atoms with Crippen molar-refractivity contribution in [3.8, 4) is 0 Å². The lowest BCUT2D eigenvalue weighted by Crippen LogP contribution is -2.60. The third-order valence-corrected chi connectivity index (χ3v) is 11.4. The lowest BCUT2D eigenvalue weighted by atomic mass is 10.1. The molecule has 1 aromatic rings. The summed E-state index contributed by atoms with van der Waals surface area (Å²) in [5, 5.41) is 4.35. The number of carbonyl (C=O) groups is 6. The number of hydrogen-bond donors (Lipinski definition) is 3. The van der Waals surface area contributed by atoms with E-state index in [0.717, 1.165) is 11.0 Å². The van der Waals surface area contributed by atoms with Crippen molar-refractivity contribution in [2.24, 2.45) is 5.92 Å². The van der Waals surface area contributed by atoms with Crippen molar-refractivity contribution in [3.05, 3.63) is 60.0 Å². The number of allylic oxidation sites excluding steroid dienone is 1. The summed E-state index contributed by atoms with van der Waals surface area (Å²) in [6.45, 7) is 11.0. The number of rotatable bonds is 12. The molecule has 2 aliphatic carbocycles. The Balaban J connectivity index is 1.41. The molecule has 18 heteroatoms. The molecule has 6 atom stereocenters. The minimum atomic E-state index is -3.99. The third kappa shape index (κ3) is 9.02. The van der Waals surface area contributed by atoms with Gasteiger partial charge in [0.05, 0.1) is 18.3 Å². The molecule has 3 fully saturated rings. The number of hydrogen-bond acceptors (Lipinski definition) is 11. The molecule has 5 amide bonds. The Hall–Kier alpha value is -5.00. The highest BCUT2D eigenvalue weighted by atomic mass is 32.2. The maximum Gasteiger partial charge on any atom is 0.410 e. The predicted molar refractivity (Wildman–Crippen MR) is 189 cm³/mol. The zero-order chi connectivity index (χ0) is 39.7. The molecule has 0 bridgehead atoms. The van der Waals surface area contributed by atoms with E-state index in [1.54, 1.807) is 33.8 Å². The van der Waals surface area contributed by atoms with Crippen molar-refractivity contribution in [3.63, 3.8) is 0 Å². The Morgan fingerprint density at radius 1 is 1.11 bits per heavy atom. The second-order valence-electron chi connectivity index (χ2n) is 14.9. The van der Waals surface area contributed by atoms with Crippen molar-refractivity contribution in [2.75, 3.05) is 6.54 Å². The van der Waals surface area contributed by atoms with Crippen LogP contribution in [0, 0.1) is 11.7 Å². The van der Waals surface area contributed by atoms with E-state index in [9.17, 15) is 41.6 Å². The molecule has 2 saturated carbocycles. The fourth-order valence-electron chi connectivity index (χ4n) is 6.54. The maximum absolute atomic E-state index is 14.4. The number of nitrogens with zero attached hydrogens (tertiary/aromatic N) is 2. The molecule has 5 rings (SSSR count). The van der Waals surface area contributed by atoms with E-state index < -0.39 is 98.3 Å². The maximum atomic E-state index is 14.4. The highest BCUT2D eigenvalue weighted by molar-refractivity contribution is 7.91. The average Bonchev–Trinajstić information content (AvgIpc) is 3.97. The van der Waals surface area contributed by atoms with Crippen LogP contribution in [0.3, 0.4) is 0 Å². The zero-order valence-electron chi connectivity index (χ0n) is 30.8. The molecule has 0 aromatic heterocycles. The van der Waals surface area contributed by atoms with Gasteiger partial charge in [-0.1, -0.05) is 24.3 Å². The standard InChI is InChI=1S/C36H46FN5O11S/c1-7-10-28(43)51-20(3)29(38-33(47)53-35(4,5)6)31(45)42-18-23(52-34(48)41-17-21-11-9-12-26(37)25(21)19-41)15-27(42)30(44)39-36(16-22(36)8-2)32(46)40-54(49,50)24-13-14-24/h7-12,20,22-24,27,29H,2,13-19H2,1,3-6H3,(H,38,47)(H,39,44)(H,40,46)/b10-7+/t20-,22-,23-,27+,29+,36-/m1/s1. The topological polar surface area (TPSA) is 207 Å². The van der Waals surface area contributed by atoms with Gasteiger partial charge < -0.3 is 29.7 Å². The molecule has 2 aliphatic heterocycles. The second-order valence-corrected chi connectivity index (χ2v) is 16.9. The van der Waals surface area contributed by atoms with Gasteiger partial charge in [0.15, 0.2) is 0 Å². The summed E-state index contributed by atoms with van der Waals surface area (Å²) >= 11 is 0. The van der Waals surface area contributed by atoms with Crippen molar-refractivity contribution in [2.45, 2.75) is 114 Å². The average molecular weight is 776 g/mol. The lowest BCUT2D eigenvalue weighted by Gasteiger charge is -2.32. The molecule has 294 valence electrons. The third-order valence-electron chi connectivity index (χ3n) is 9.56. The van der Waals surface area contributed by atoms with Crippen molar-refractivity contribution < 1.29 is 55.8 Å². The van der Waals surface area contributed by atoms with Gasteiger partial charge in [0.1, 0.15) is 41.2 Å². The molecular formula is C36H46FN5O11S. The van der Waals surface area contributed by atoms with E-state index in [0.29, 0.717) is 24.0 Å². The van der Waals surface area contributed by atoms with Gasteiger partial charge >= 0.3 is 18.2 Å². The summed E-state index contributed by atoms with van der Waals surface area (Å²) < 4.78 is 58.3. The Morgan fingerprint density at radius 3 is 2.41 bits per heavy atom. The number of nitrogens with one attached hydrogen (secondary N) is 3. The largest absolute Gasteiger partial charge is 0.457 e. The molecule has 16 nitrogen and oxygen atoms in total. The van der Waals surface area contributed by atoms with Crippen LogP contribution in [-0.2, 0) is 56.5 Å².